The molecule has 0 unspecified atom stereocenters. The van der Waals surface area contributed by atoms with E-state index in [1.54, 1.807) is 25.1 Å². The molecule has 7 nitrogen and oxygen atoms in total. The Morgan fingerprint density at radius 3 is 2.24 bits per heavy atom. The maximum Gasteiger partial charge on any atom is 0.247 e. The van der Waals surface area contributed by atoms with E-state index < -0.39 is 21.5 Å². The maximum absolute atomic E-state index is 13.7. The number of nitrogens with zero attached hydrogens (tertiary/aromatic N) is 2. The third-order valence-corrected chi connectivity index (χ3v) is 8.37. The van der Waals surface area contributed by atoms with Crippen LogP contribution in [0.2, 0.25) is 0 Å². The summed E-state index contributed by atoms with van der Waals surface area (Å²) in [5.74, 6) is -0.746. The van der Waals surface area contributed by atoms with Crippen molar-refractivity contribution in [2.75, 3.05) is 18.0 Å². The molecule has 0 radical (unpaired) electrons. The van der Waals surface area contributed by atoms with Crippen molar-refractivity contribution < 1.29 is 18.0 Å². The van der Waals surface area contributed by atoms with Crippen LogP contribution in [0.3, 0.4) is 0 Å². The van der Waals surface area contributed by atoms with Gasteiger partial charge in [0.15, 0.2) is 0 Å². The molecule has 1 aliphatic carbocycles. The van der Waals surface area contributed by atoms with Crippen LogP contribution < -0.4 is 10.2 Å². The second kappa shape index (κ2) is 8.91. The zero-order chi connectivity index (χ0) is 23.8. The van der Waals surface area contributed by atoms with Gasteiger partial charge in [0, 0.05) is 18.3 Å². The summed E-state index contributed by atoms with van der Waals surface area (Å²) in [6, 6.07) is 13.8. The minimum atomic E-state index is -3.94. The van der Waals surface area contributed by atoms with E-state index >= 15 is 0 Å². The lowest BCUT2D eigenvalue weighted by atomic mass is 9.93. The summed E-state index contributed by atoms with van der Waals surface area (Å²) in [4.78, 5) is 28.8. The highest BCUT2D eigenvalue weighted by atomic mass is 32.2. The first-order valence-corrected chi connectivity index (χ1v) is 12.8. The molecule has 1 saturated carbocycles. The number of nitrogens with one attached hydrogen (secondary N) is 1. The molecule has 0 bridgehead atoms. The zero-order valence-corrected chi connectivity index (χ0v) is 20.2. The number of carbonyl (C=O) groups is 2. The van der Waals surface area contributed by atoms with E-state index in [9.17, 15) is 18.0 Å². The molecule has 2 amide bonds. The minimum Gasteiger partial charge on any atom is -0.351 e. The molecule has 176 valence electrons. The van der Waals surface area contributed by atoms with Crippen LogP contribution in [0.15, 0.2) is 53.4 Å². The number of hydrogen-bond acceptors (Lipinski definition) is 4. The van der Waals surface area contributed by atoms with Gasteiger partial charge in [-0.1, -0.05) is 37.1 Å². The van der Waals surface area contributed by atoms with Gasteiger partial charge < -0.3 is 5.32 Å². The first-order chi connectivity index (χ1) is 15.6. The molecule has 4 rings (SSSR count). The fourth-order valence-corrected chi connectivity index (χ4v) is 6.47. The second-order valence-electron chi connectivity index (χ2n) is 9.39. The summed E-state index contributed by atoms with van der Waals surface area (Å²) in [7, 11) is -3.94. The van der Waals surface area contributed by atoms with Gasteiger partial charge in [-0.15, -0.1) is 0 Å². The number of piperazine rings is 1. The Balaban J connectivity index is 1.75. The molecule has 8 heteroatoms. The molecule has 1 saturated heterocycles. The summed E-state index contributed by atoms with van der Waals surface area (Å²) >= 11 is 0. The Hall–Kier alpha value is -2.71. The molecule has 0 spiro atoms. The summed E-state index contributed by atoms with van der Waals surface area (Å²) in [6.07, 6.45) is 3.89. The predicted molar refractivity (Wildman–Crippen MR) is 127 cm³/mol. The lowest BCUT2D eigenvalue weighted by Crippen LogP contribution is -2.70. The molecule has 0 aromatic heterocycles. The SMILES string of the molecule is Cc1cc(C)cc(N2C(=O)CN(S(=O)(=O)c3ccccc3)C[C@]2(C)C(=O)NC2CCCC2)c1. The van der Waals surface area contributed by atoms with Gasteiger partial charge in [0.25, 0.3) is 0 Å². The third kappa shape index (κ3) is 4.54. The fourth-order valence-electron chi connectivity index (χ4n) is 4.97. The zero-order valence-electron chi connectivity index (χ0n) is 19.4. The van der Waals surface area contributed by atoms with Crippen LogP contribution in [-0.2, 0) is 19.6 Å². The Morgan fingerprint density at radius 1 is 1.03 bits per heavy atom. The average molecular weight is 470 g/mol. The van der Waals surface area contributed by atoms with Crippen molar-refractivity contribution in [3.05, 3.63) is 59.7 Å². The average Bonchev–Trinajstić information content (AvgIpc) is 3.26. The molecule has 1 heterocycles. The van der Waals surface area contributed by atoms with Gasteiger partial charge in [-0.25, -0.2) is 8.42 Å². The Labute approximate surface area is 195 Å². The van der Waals surface area contributed by atoms with Crippen molar-refractivity contribution >= 4 is 27.5 Å². The lowest BCUT2D eigenvalue weighted by molar-refractivity contribution is -0.133. The maximum atomic E-state index is 13.7. The first-order valence-electron chi connectivity index (χ1n) is 11.4. The van der Waals surface area contributed by atoms with Gasteiger partial charge in [0.1, 0.15) is 5.54 Å². The summed E-state index contributed by atoms with van der Waals surface area (Å²) in [5.41, 5.74) is 1.16. The van der Waals surface area contributed by atoms with Gasteiger partial charge in [0.05, 0.1) is 11.4 Å². The molecule has 1 N–H and O–H groups in total. The van der Waals surface area contributed by atoms with E-state index in [0.717, 1.165) is 41.1 Å². The molecule has 1 atom stereocenters. The predicted octanol–water partition coefficient (Wildman–Crippen LogP) is 3.16. The van der Waals surface area contributed by atoms with Crippen LogP contribution in [0.4, 0.5) is 5.69 Å². The van der Waals surface area contributed by atoms with Gasteiger partial charge in [0.2, 0.25) is 21.8 Å². The van der Waals surface area contributed by atoms with Crippen LogP contribution in [0.5, 0.6) is 0 Å². The molecular formula is C25H31N3O4S. The quantitative estimate of drug-likeness (QED) is 0.729. The smallest absolute Gasteiger partial charge is 0.247 e. The number of amides is 2. The lowest BCUT2D eigenvalue weighted by Gasteiger charge is -2.47. The molecule has 2 aliphatic rings. The van der Waals surface area contributed by atoms with Gasteiger partial charge in [-0.3, -0.25) is 14.5 Å². The molecular weight excluding hydrogens is 438 g/mol. The standard InChI is InChI=1S/C25H31N3O4S/c1-18-13-19(2)15-21(14-18)28-23(29)16-27(33(31,32)22-11-5-4-6-12-22)17-25(28,3)24(30)26-20-9-7-8-10-20/h4-6,11-15,20H,7-10,16-17H2,1-3H3,(H,26,30)/t25-/m1/s1. The number of sulfonamides is 1. The number of hydrogen-bond donors (Lipinski definition) is 1. The Bertz CT molecular complexity index is 1140. The number of aryl methyl sites for hydroxylation is 2. The van der Waals surface area contributed by atoms with Crippen molar-refractivity contribution in [3.63, 3.8) is 0 Å². The van der Waals surface area contributed by atoms with E-state index in [0.29, 0.717) is 5.69 Å². The highest BCUT2D eigenvalue weighted by Gasteiger charge is 2.51. The van der Waals surface area contributed by atoms with E-state index in [1.165, 1.54) is 17.0 Å². The summed E-state index contributed by atoms with van der Waals surface area (Å²) < 4.78 is 27.9. The van der Waals surface area contributed by atoms with Crippen LogP contribution in [0.1, 0.15) is 43.7 Å². The van der Waals surface area contributed by atoms with Crippen LogP contribution in [0.25, 0.3) is 0 Å². The number of rotatable bonds is 5. The molecule has 2 aromatic carbocycles. The molecule has 2 aromatic rings. The van der Waals surface area contributed by atoms with Crippen LogP contribution >= 0.6 is 0 Å². The highest BCUT2D eigenvalue weighted by Crippen LogP contribution is 2.34. The molecule has 33 heavy (non-hydrogen) atoms. The van der Waals surface area contributed by atoms with Gasteiger partial charge in [-0.2, -0.15) is 4.31 Å². The van der Waals surface area contributed by atoms with Crippen molar-refractivity contribution in [1.29, 1.82) is 0 Å². The van der Waals surface area contributed by atoms with E-state index in [4.69, 9.17) is 0 Å². The topological polar surface area (TPSA) is 86.8 Å². The van der Waals surface area contributed by atoms with E-state index in [1.807, 2.05) is 32.0 Å². The normalized spacial score (nSPS) is 22.5. The number of benzene rings is 2. The van der Waals surface area contributed by atoms with Crippen LogP contribution in [-0.4, -0.2) is 49.2 Å². The first kappa shape index (κ1) is 23.4. The van der Waals surface area contributed by atoms with Gasteiger partial charge >= 0.3 is 0 Å². The number of anilines is 1. The fraction of sp³-hybridized carbons (Fsp3) is 0.440. The highest BCUT2D eigenvalue weighted by molar-refractivity contribution is 7.89. The third-order valence-electron chi connectivity index (χ3n) is 6.56. The van der Waals surface area contributed by atoms with Crippen molar-refractivity contribution in [2.45, 2.75) is 62.9 Å². The largest absolute Gasteiger partial charge is 0.351 e. The monoisotopic (exact) mass is 469 g/mol. The Kier molecular flexibility index (Phi) is 6.33. The molecule has 1 aliphatic heterocycles. The van der Waals surface area contributed by atoms with E-state index in [2.05, 4.69) is 5.32 Å². The van der Waals surface area contributed by atoms with Gasteiger partial charge in [-0.05, 0) is 69.0 Å². The minimum absolute atomic E-state index is 0.0478. The van der Waals surface area contributed by atoms with Crippen LogP contribution in [0, 0.1) is 13.8 Å². The van der Waals surface area contributed by atoms with E-state index in [-0.39, 0.29) is 29.9 Å². The molecule has 2 fully saturated rings. The van der Waals surface area contributed by atoms with Crippen molar-refractivity contribution in [3.8, 4) is 0 Å². The Morgan fingerprint density at radius 2 is 1.64 bits per heavy atom. The second-order valence-corrected chi connectivity index (χ2v) is 11.3. The summed E-state index contributed by atoms with van der Waals surface area (Å²) in [6.45, 7) is 5.09. The van der Waals surface area contributed by atoms with Crippen molar-refractivity contribution in [1.82, 2.24) is 9.62 Å². The van der Waals surface area contributed by atoms with Crippen molar-refractivity contribution in [2.24, 2.45) is 0 Å². The number of carbonyl (C=O) groups excluding carboxylic acids is 2. The summed E-state index contributed by atoms with van der Waals surface area (Å²) in [5, 5.41) is 3.10.